The number of carbonyl (C=O) groups excluding carboxylic acids is 2. The molecule has 1 aromatic carbocycles. The zero-order valence-electron chi connectivity index (χ0n) is 12.6. The summed E-state index contributed by atoms with van der Waals surface area (Å²) in [5, 5.41) is 0. The minimum atomic E-state index is -0.619. The number of halogens is 1. The zero-order valence-corrected chi connectivity index (χ0v) is 13.4. The van der Waals surface area contributed by atoms with Crippen molar-refractivity contribution in [2.45, 2.75) is 38.6 Å². The molecule has 0 aliphatic carbocycles. The lowest BCUT2D eigenvalue weighted by Gasteiger charge is -2.15. The quantitative estimate of drug-likeness (QED) is 0.375. The van der Waals surface area contributed by atoms with E-state index >= 15 is 0 Å². The minimum Gasteiger partial charge on any atom is -0.461 e. The maximum absolute atomic E-state index is 11.6. The summed E-state index contributed by atoms with van der Waals surface area (Å²) in [6.07, 6.45) is 0.550. The summed E-state index contributed by atoms with van der Waals surface area (Å²) in [5.41, 5.74) is 0.902. The third-order valence-corrected chi connectivity index (χ3v) is 3.14. The fourth-order valence-corrected chi connectivity index (χ4v) is 1.84. The first-order valence-electron chi connectivity index (χ1n) is 7.13. The molecule has 0 saturated heterocycles. The van der Waals surface area contributed by atoms with E-state index < -0.39 is 18.2 Å². The second kappa shape index (κ2) is 11.0. The van der Waals surface area contributed by atoms with Crippen LogP contribution in [0.25, 0.3) is 0 Å². The van der Waals surface area contributed by atoms with Crippen molar-refractivity contribution in [1.82, 2.24) is 0 Å². The molecule has 0 spiro atoms. The number of methoxy groups -OCH3 is 1. The normalized spacial score (nSPS) is 11.7. The SMILES string of the molecule is COC(CCCCl)OC(=O)CCC(=O)OCc1ccccc1. The number of alkyl halides is 1. The lowest BCUT2D eigenvalue weighted by atomic mass is 10.2. The van der Waals surface area contributed by atoms with Gasteiger partial charge >= 0.3 is 11.9 Å². The highest BCUT2D eigenvalue weighted by Gasteiger charge is 2.15. The van der Waals surface area contributed by atoms with Crippen molar-refractivity contribution in [3.05, 3.63) is 35.9 Å². The van der Waals surface area contributed by atoms with Gasteiger partial charge in [-0.3, -0.25) is 9.59 Å². The molecular weight excluding hydrogens is 308 g/mol. The molecule has 6 heteroatoms. The Hall–Kier alpha value is -1.59. The highest BCUT2D eigenvalue weighted by Crippen LogP contribution is 2.08. The topological polar surface area (TPSA) is 61.8 Å². The Morgan fingerprint density at radius 3 is 2.45 bits per heavy atom. The van der Waals surface area contributed by atoms with E-state index in [1.165, 1.54) is 7.11 Å². The van der Waals surface area contributed by atoms with E-state index in [4.69, 9.17) is 25.8 Å². The molecule has 1 atom stereocenters. The molecule has 0 N–H and O–H groups in total. The largest absolute Gasteiger partial charge is 0.461 e. The molecule has 0 aliphatic heterocycles. The van der Waals surface area contributed by atoms with Crippen LogP contribution in [0, 0.1) is 0 Å². The number of hydrogen-bond acceptors (Lipinski definition) is 5. The average molecular weight is 329 g/mol. The van der Waals surface area contributed by atoms with Crippen LogP contribution in [0.2, 0.25) is 0 Å². The Labute approximate surface area is 135 Å². The third kappa shape index (κ3) is 8.00. The van der Waals surface area contributed by atoms with Crippen LogP contribution in [0.3, 0.4) is 0 Å². The Kier molecular flexibility index (Phi) is 9.26. The number of esters is 2. The van der Waals surface area contributed by atoms with Gasteiger partial charge in [0.05, 0.1) is 12.8 Å². The van der Waals surface area contributed by atoms with E-state index in [-0.39, 0.29) is 19.4 Å². The van der Waals surface area contributed by atoms with Crippen molar-refractivity contribution in [3.8, 4) is 0 Å². The molecule has 122 valence electrons. The van der Waals surface area contributed by atoms with Crippen LogP contribution in [0.5, 0.6) is 0 Å². The number of ether oxygens (including phenoxy) is 3. The molecular formula is C16H21ClO5. The summed E-state index contributed by atoms with van der Waals surface area (Å²) in [6.45, 7) is 0.200. The van der Waals surface area contributed by atoms with Crippen LogP contribution >= 0.6 is 11.6 Å². The molecule has 0 bridgehead atoms. The summed E-state index contributed by atoms with van der Waals surface area (Å²) in [7, 11) is 1.46. The maximum Gasteiger partial charge on any atom is 0.308 e. The maximum atomic E-state index is 11.6. The summed E-state index contributed by atoms with van der Waals surface area (Å²) in [5.74, 6) is -0.447. The first kappa shape index (κ1) is 18.5. The Morgan fingerprint density at radius 2 is 1.82 bits per heavy atom. The van der Waals surface area contributed by atoms with Gasteiger partial charge in [-0.1, -0.05) is 30.3 Å². The van der Waals surface area contributed by atoms with Crippen molar-refractivity contribution in [1.29, 1.82) is 0 Å². The predicted octanol–water partition coefficient (Wildman–Crippen LogP) is 3.04. The second-order valence-corrected chi connectivity index (χ2v) is 5.01. The fourth-order valence-electron chi connectivity index (χ4n) is 1.69. The zero-order chi connectivity index (χ0) is 16.2. The molecule has 1 unspecified atom stereocenters. The molecule has 0 fully saturated rings. The van der Waals surface area contributed by atoms with E-state index in [0.29, 0.717) is 18.7 Å². The van der Waals surface area contributed by atoms with Crippen LogP contribution in [0.4, 0.5) is 0 Å². The molecule has 0 radical (unpaired) electrons. The molecule has 5 nitrogen and oxygen atoms in total. The van der Waals surface area contributed by atoms with Gasteiger partial charge in [0.15, 0.2) is 0 Å². The molecule has 0 aromatic heterocycles. The second-order valence-electron chi connectivity index (χ2n) is 4.63. The van der Waals surface area contributed by atoms with Crippen molar-refractivity contribution >= 4 is 23.5 Å². The number of rotatable bonds is 10. The molecule has 0 aliphatic rings. The predicted molar refractivity (Wildman–Crippen MR) is 82.3 cm³/mol. The Bertz CT molecular complexity index is 449. The van der Waals surface area contributed by atoms with Gasteiger partial charge in [-0.05, 0) is 12.0 Å². The average Bonchev–Trinajstić information content (AvgIpc) is 2.55. The van der Waals surface area contributed by atoms with Crippen LogP contribution in [0.1, 0.15) is 31.2 Å². The van der Waals surface area contributed by atoms with Crippen LogP contribution in [-0.2, 0) is 30.4 Å². The molecule has 0 amide bonds. The summed E-state index contributed by atoms with van der Waals surface area (Å²) in [6, 6.07) is 9.35. The minimum absolute atomic E-state index is 0.0163. The standard InChI is InChI=1S/C16H21ClO5/c1-20-16(8-5-11-17)22-15(19)10-9-14(18)21-12-13-6-3-2-4-7-13/h2-4,6-7,16H,5,8-12H2,1H3. The highest BCUT2D eigenvalue weighted by molar-refractivity contribution is 6.17. The van der Waals surface area contributed by atoms with Gasteiger partial charge in [-0.25, -0.2) is 0 Å². The van der Waals surface area contributed by atoms with Gasteiger partial charge in [0.1, 0.15) is 6.61 Å². The van der Waals surface area contributed by atoms with Gasteiger partial charge < -0.3 is 14.2 Å². The monoisotopic (exact) mass is 328 g/mol. The van der Waals surface area contributed by atoms with Gasteiger partial charge in [-0.2, -0.15) is 0 Å². The molecule has 1 aromatic rings. The van der Waals surface area contributed by atoms with E-state index in [1.807, 2.05) is 30.3 Å². The van der Waals surface area contributed by atoms with Crippen molar-refractivity contribution in [2.24, 2.45) is 0 Å². The van der Waals surface area contributed by atoms with Gasteiger partial charge in [0.25, 0.3) is 0 Å². The molecule has 0 saturated carbocycles. The van der Waals surface area contributed by atoms with Gasteiger partial charge in [-0.15, -0.1) is 11.6 Å². The summed E-state index contributed by atoms with van der Waals surface area (Å²) >= 11 is 5.57. The van der Waals surface area contributed by atoms with Crippen molar-refractivity contribution < 1.29 is 23.8 Å². The summed E-state index contributed by atoms with van der Waals surface area (Å²) in [4.78, 5) is 23.2. The fraction of sp³-hybridized carbons (Fsp3) is 0.500. The van der Waals surface area contributed by atoms with Crippen molar-refractivity contribution in [3.63, 3.8) is 0 Å². The van der Waals surface area contributed by atoms with Crippen LogP contribution < -0.4 is 0 Å². The molecule has 1 rings (SSSR count). The summed E-state index contributed by atoms with van der Waals surface area (Å²) < 4.78 is 15.2. The van der Waals surface area contributed by atoms with E-state index in [1.54, 1.807) is 0 Å². The molecule has 22 heavy (non-hydrogen) atoms. The van der Waals surface area contributed by atoms with Crippen LogP contribution in [0.15, 0.2) is 30.3 Å². The first-order valence-corrected chi connectivity index (χ1v) is 7.67. The Morgan fingerprint density at radius 1 is 1.14 bits per heavy atom. The van der Waals surface area contributed by atoms with E-state index in [9.17, 15) is 9.59 Å². The van der Waals surface area contributed by atoms with Gasteiger partial charge in [0, 0.05) is 19.4 Å². The number of benzene rings is 1. The number of hydrogen-bond donors (Lipinski definition) is 0. The van der Waals surface area contributed by atoms with Crippen LogP contribution in [-0.4, -0.2) is 31.2 Å². The van der Waals surface area contributed by atoms with E-state index in [0.717, 1.165) is 5.56 Å². The smallest absolute Gasteiger partial charge is 0.308 e. The van der Waals surface area contributed by atoms with Gasteiger partial charge in [0.2, 0.25) is 6.29 Å². The lowest BCUT2D eigenvalue weighted by Crippen LogP contribution is -2.21. The number of carbonyl (C=O) groups is 2. The van der Waals surface area contributed by atoms with E-state index in [2.05, 4.69) is 0 Å². The lowest BCUT2D eigenvalue weighted by molar-refractivity contribution is -0.175. The van der Waals surface area contributed by atoms with Crippen molar-refractivity contribution in [2.75, 3.05) is 13.0 Å². The molecule has 0 heterocycles. The first-order chi connectivity index (χ1) is 10.7. The Balaban J connectivity index is 2.21. The third-order valence-electron chi connectivity index (χ3n) is 2.88. The highest BCUT2D eigenvalue weighted by atomic mass is 35.5.